The van der Waals surface area contributed by atoms with Crippen LogP contribution in [-0.2, 0) is 17.1 Å². The Balaban J connectivity index is 2.39. The minimum Gasteiger partial charge on any atom is -0.377 e. The van der Waals surface area contributed by atoms with Crippen molar-refractivity contribution in [2.24, 2.45) is 4.99 Å². The van der Waals surface area contributed by atoms with Gasteiger partial charge in [-0.25, -0.2) is 0 Å². The summed E-state index contributed by atoms with van der Waals surface area (Å²) in [4.78, 5) is 17.0. The first-order valence-electron chi connectivity index (χ1n) is 10.6. The van der Waals surface area contributed by atoms with Crippen molar-refractivity contribution in [3.63, 3.8) is 0 Å². The summed E-state index contributed by atoms with van der Waals surface area (Å²) >= 11 is 0. The van der Waals surface area contributed by atoms with Crippen LogP contribution in [0.15, 0.2) is 78.0 Å². The topological polar surface area (TPSA) is 77.3 Å². The third kappa shape index (κ3) is 7.83. The summed E-state index contributed by atoms with van der Waals surface area (Å²) < 4.78 is 79.4. The van der Waals surface area contributed by atoms with E-state index in [9.17, 15) is 31.1 Å². The van der Waals surface area contributed by atoms with Crippen LogP contribution in [0.25, 0.3) is 5.70 Å². The molecule has 5 nitrogen and oxygen atoms in total. The average molecular weight is 520 g/mol. The Morgan fingerprint density at radius 3 is 2.05 bits per heavy atom. The molecule has 0 heterocycles. The first kappa shape index (κ1) is 28.9. The lowest BCUT2D eigenvalue weighted by Crippen LogP contribution is -2.28. The van der Waals surface area contributed by atoms with Gasteiger partial charge in [0.15, 0.2) is 0 Å². The van der Waals surface area contributed by atoms with Crippen LogP contribution in [0.1, 0.15) is 36.1 Å². The van der Waals surface area contributed by atoms with Gasteiger partial charge in [0.25, 0.3) is 5.91 Å². The maximum atomic E-state index is 13.2. The molecule has 2 N–H and O–H groups in total. The van der Waals surface area contributed by atoms with E-state index >= 15 is 0 Å². The molecule has 0 radical (unpaired) electrons. The molecule has 0 aromatic heterocycles. The number of carbonyl (C=O) groups excluding carboxylic acids is 1. The van der Waals surface area contributed by atoms with Gasteiger partial charge in [0.1, 0.15) is 0 Å². The van der Waals surface area contributed by atoms with Crippen molar-refractivity contribution in [2.75, 3.05) is 5.32 Å². The van der Waals surface area contributed by atoms with Gasteiger partial charge in [0.2, 0.25) is 0 Å². The molecule has 2 aromatic rings. The molecule has 194 valence electrons. The van der Waals surface area contributed by atoms with Gasteiger partial charge in [-0.05, 0) is 61.9 Å². The van der Waals surface area contributed by atoms with E-state index in [2.05, 4.69) is 28.8 Å². The van der Waals surface area contributed by atoms with Crippen LogP contribution in [0.2, 0.25) is 0 Å². The normalized spacial score (nSPS) is 13.4. The van der Waals surface area contributed by atoms with E-state index in [1.807, 2.05) is 6.07 Å². The molecule has 0 aliphatic rings. The van der Waals surface area contributed by atoms with Gasteiger partial charge < -0.3 is 10.6 Å². The van der Waals surface area contributed by atoms with Crippen LogP contribution < -0.4 is 10.6 Å². The molecule has 1 amide bonds. The fourth-order valence-corrected chi connectivity index (χ4v) is 3.18. The van der Waals surface area contributed by atoms with E-state index < -0.39 is 41.0 Å². The van der Waals surface area contributed by atoms with Crippen molar-refractivity contribution in [3.8, 4) is 6.07 Å². The highest BCUT2D eigenvalue weighted by Gasteiger charge is 2.37. The Morgan fingerprint density at radius 2 is 1.59 bits per heavy atom. The Labute approximate surface area is 209 Å². The minimum atomic E-state index is -5.01. The van der Waals surface area contributed by atoms with Gasteiger partial charge in [0.05, 0.1) is 34.5 Å². The summed E-state index contributed by atoms with van der Waals surface area (Å²) in [6, 6.07) is 8.27. The molecule has 0 fully saturated rings. The standard InChI is InChI=1S/C26H22F6N4O/c1-5-10-34-23(15(2)24(37)36-22-8-6-18(14-33)7-9-22)17(4)35-16(3)19-11-20(25(27,28)29)13-21(12-19)26(30,31)32/h5-13,17,35H,1,3H2,2,4H3,(H,36,37)/b23-15+,34-10?. The molecule has 0 bridgehead atoms. The summed E-state index contributed by atoms with van der Waals surface area (Å²) in [5.41, 5.74) is -2.61. The average Bonchev–Trinajstić information content (AvgIpc) is 2.83. The van der Waals surface area contributed by atoms with Crippen molar-refractivity contribution < 1.29 is 31.1 Å². The molecule has 0 aliphatic heterocycles. The molecule has 2 rings (SSSR count). The number of alkyl halides is 6. The van der Waals surface area contributed by atoms with Crippen LogP contribution in [0, 0.1) is 11.3 Å². The number of amides is 1. The van der Waals surface area contributed by atoms with Crippen LogP contribution in [0.5, 0.6) is 0 Å². The van der Waals surface area contributed by atoms with Gasteiger partial charge in [-0.3, -0.25) is 9.79 Å². The van der Waals surface area contributed by atoms with Crippen LogP contribution >= 0.6 is 0 Å². The predicted molar refractivity (Wildman–Crippen MR) is 129 cm³/mol. The highest BCUT2D eigenvalue weighted by Crippen LogP contribution is 2.37. The van der Waals surface area contributed by atoms with Gasteiger partial charge in [0, 0.05) is 23.2 Å². The number of halogens is 6. The monoisotopic (exact) mass is 520 g/mol. The number of nitrogens with zero attached hydrogens (tertiary/aromatic N) is 2. The van der Waals surface area contributed by atoms with E-state index in [1.165, 1.54) is 50.4 Å². The van der Waals surface area contributed by atoms with E-state index in [0.717, 1.165) is 0 Å². The lowest BCUT2D eigenvalue weighted by molar-refractivity contribution is -0.143. The van der Waals surface area contributed by atoms with E-state index in [-0.39, 0.29) is 23.0 Å². The summed E-state index contributed by atoms with van der Waals surface area (Å²) in [7, 11) is 0. The molecule has 1 unspecified atom stereocenters. The smallest absolute Gasteiger partial charge is 0.377 e. The maximum absolute atomic E-state index is 13.2. The van der Waals surface area contributed by atoms with Crippen molar-refractivity contribution in [2.45, 2.75) is 32.2 Å². The number of carbonyl (C=O) groups is 1. The van der Waals surface area contributed by atoms with Gasteiger partial charge in [-0.15, -0.1) is 0 Å². The zero-order chi connectivity index (χ0) is 28.0. The second-order valence-electron chi connectivity index (χ2n) is 7.81. The molecule has 0 spiro atoms. The number of rotatable bonds is 8. The molecular weight excluding hydrogens is 498 g/mol. The summed E-state index contributed by atoms with van der Waals surface area (Å²) in [5.74, 6) is -0.571. The molecule has 37 heavy (non-hydrogen) atoms. The van der Waals surface area contributed by atoms with Gasteiger partial charge >= 0.3 is 12.4 Å². The third-order valence-corrected chi connectivity index (χ3v) is 5.05. The number of anilines is 1. The zero-order valence-corrected chi connectivity index (χ0v) is 19.8. The highest BCUT2D eigenvalue weighted by atomic mass is 19.4. The van der Waals surface area contributed by atoms with Crippen molar-refractivity contribution >= 4 is 23.5 Å². The number of allylic oxidation sites excluding steroid dienone is 1. The number of aliphatic imine (C=N–C) groups is 1. The molecule has 0 saturated heterocycles. The summed E-state index contributed by atoms with van der Waals surface area (Å²) in [6.45, 7) is 10.1. The third-order valence-electron chi connectivity index (χ3n) is 5.05. The predicted octanol–water partition coefficient (Wildman–Crippen LogP) is 6.71. The minimum absolute atomic E-state index is 0.0254. The summed E-state index contributed by atoms with van der Waals surface area (Å²) in [6.07, 6.45) is -7.42. The molecule has 11 heteroatoms. The van der Waals surface area contributed by atoms with Crippen LogP contribution in [0.3, 0.4) is 0 Å². The summed E-state index contributed by atoms with van der Waals surface area (Å²) in [5, 5.41) is 14.2. The van der Waals surface area contributed by atoms with Crippen molar-refractivity contribution in [1.29, 1.82) is 5.26 Å². The first-order chi connectivity index (χ1) is 17.2. The van der Waals surface area contributed by atoms with E-state index in [1.54, 1.807) is 0 Å². The second kappa shape index (κ2) is 11.6. The highest BCUT2D eigenvalue weighted by molar-refractivity contribution is 6.04. The molecule has 0 aliphatic carbocycles. The SMILES string of the molecule is C=CC=N/C(=C(\C)C(=O)Nc1ccc(C#N)cc1)C(C)NC(=C)c1cc(C(F)(F)F)cc(C(F)(F)F)c1. The van der Waals surface area contributed by atoms with Crippen molar-refractivity contribution in [1.82, 2.24) is 5.32 Å². The number of nitrogens with one attached hydrogen (secondary N) is 2. The lowest BCUT2D eigenvalue weighted by atomic mass is 10.0. The fourth-order valence-electron chi connectivity index (χ4n) is 3.18. The van der Waals surface area contributed by atoms with Crippen molar-refractivity contribution in [3.05, 3.63) is 95.2 Å². The Morgan fingerprint density at radius 1 is 1.05 bits per heavy atom. The van der Waals surface area contributed by atoms with Crippen LogP contribution in [0.4, 0.5) is 32.0 Å². The van der Waals surface area contributed by atoms with E-state index in [4.69, 9.17) is 5.26 Å². The Hall–Kier alpha value is -4.33. The second-order valence-corrected chi connectivity index (χ2v) is 7.81. The molecule has 0 saturated carbocycles. The Kier molecular flexibility index (Phi) is 9.06. The van der Waals surface area contributed by atoms with E-state index in [0.29, 0.717) is 23.4 Å². The molecule has 2 aromatic carbocycles. The van der Waals surface area contributed by atoms with Gasteiger partial charge in [-0.2, -0.15) is 31.6 Å². The number of benzene rings is 2. The molecular formula is C26H22F6N4O. The zero-order valence-electron chi connectivity index (χ0n) is 19.8. The first-order valence-corrected chi connectivity index (χ1v) is 10.6. The lowest BCUT2D eigenvalue weighted by Gasteiger charge is -2.21. The molecule has 1 atom stereocenters. The quantitative estimate of drug-likeness (QED) is 0.231. The fraction of sp³-hybridized carbons (Fsp3) is 0.192. The Bertz CT molecular complexity index is 1250. The van der Waals surface area contributed by atoms with Gasteiger partial charge in [-0.1, -0.05) is 19.2 Å². The van der Waals surface area contributed by atoms with Crippen LogP contribution in [-0.4, -0.2) is 18.2 Å². The number of nitriles is 1. The maximum Gasteiger partial charge on any atom is 0.416 e. The largest absolute Gasteiger partial charge is 0.416 e. The number of hydrogen-bond donors (Lipinski definition) is 2. The number of hydrogen-bond acceptors (Lipinski definition) is 4.